The molecule has 0 saturated carbocycles. The first kappa shape index (κ1) is 26.9. The molecule has 0 fully saturated rings. The van der Waals surface area contributed by atoms with Crippen molar-refractivity contribution in [1.29, 1.82) is 0 Å². The molecule has 0 atom stereocenters. The maximum atomic E-state index is 11.9. The molecule has 0 aliphatic heterocycles. The quantitative estimate of drug-likeness (QED) is 0.233. The van der Waals surface area contributed by atoms with Crippen LogP contribution >= 0.6 is 0 Å². The molecular formula is C21H37O3RbS. The molecule has 0 unspecified atom stereocenters. The van der Waals surface area contributed by atoms with Gasteiger partial charge in [0, 0.05) is 0 Å². The van der Waals surface area contributed by atoms with Crippen molar-refractivity contribution in [1.82, 2.24) is 0 Å². The standard InChI is InChI=1S/C21H36O3S.Rb.H/c1-2-3-4-5-6-7-8-9-10-11-12-13-17-20-24-25(22,23)21-18-15-14-16-19-21;;/h14-16,18-19H,2-13,17,20H2,1H3;;. The van der Waals surface area contributed by atoms with Gasteiger partial charge < -0.3 is 0 Å². The Morgan fingerprint density at radius 3 is 1.58 bits per heavy atom. The van der Waals surface area contributed by atoms with E-state index in [-0.39, 0.29) is 69.7 Å². The zero-order valence-corrected chi connectivity index (χ0v) is 16.7. The topological polar surface area (TPSA) is 43.4 Å². The first-order valence-corrected chi connectivity index (χ1v) is 11.5. The molecule has 0 heterocycles. The zero-order valence-electron chi connectivity index (χ0n) is 15.9. The summed E-state index contributed by atoms with van der Waals surface area (Å²) in [6.45, 7) is 2.54. The molecule has 0 bridgehead atoms. The summed E-state index contributed by atoms with van der Waals surface area (Å²) in [5.41, 5.74) is 0. The van der Waals surface area contributed by atoms with Gasteiger partial charge in [-0.25, -0.2) is 0 Å². The van der Waals surface area contributed by atoms with Crippen molar-refractivity contribution >= 4 is 68.3 Å². The molecule has 146 valence electrons. The van der Waals surface area contributed by atoms with Crippen molar-refractivity contribution in [3.05, 3.63) is 30.3 Å². The molecule has 0 spiro atoms. The van der Waals surface area contributed by atoms with E-state index in [1.54, 1.807) is 30.3 Å². The third-order valence-corrected chi connectivity index (χ3v) is 5.84. The van der Waals surface area contributed by atoms with Gasteiger partial charge in [0.05, 0.1) is 11.5 Å². The van der Waals surface area contributed by atoms with Gasteiger partial charge in [-0.2, -0.15) is 8.42 Å². The Bertz CT molecular complexity index is 517. The average Bonchev–Trinajstić information content (AvgIpc) is 2.63. The number of unbranched alkanes of at least 4 members (excludes halogenated alkanes) is 12. The minimum atomic E-state index is -3.58. The van der Waals surface area contributed by atoms with Crippen molar-refractivity contribution < 1.29 is 12.6 Å². The molecule has 26 heavy (non-hydrogen) atoms. The van der Waals surface area contributed by atoms with E-state index in [4.69, 9.17) is 4.18 Å². The van der Waals surface area contributed by atoms with Gasteiger partial charge in [-0.3, -0.25) is 4.18 Å². The molecule has 0 aliphatic rings. The molecule has 0 radical (unpaired) electrons. The van der Waals surface area contributed by atoms with E-state index in [2.05, 4.69) is 6.92 Å². The van der Waals surface area contributed by atoms with Crippen LogP contribution in [0.3, 0.4) is 0 Å². The summed E-state index contributed by atoms with van der Waals surface area (Å²) in [4.78, 5) is 0.240. The summed E-state index contributed by atoms with van der Waals surface area (Å²) in [6.07, 6.45) is 16.6. The summed E-state index contributed by atoms with van der Waals surface area (Å²) in [5, 5.41) is 0. The summed E-state index contributed by atoms with van der Waals surface area (Å²) in [6, 6.07) is 8.35. The van der Waals surface area contributed by atoms with E-state index in [1.807, 2.05) is 0 Å². The summed E-state index contributed by atoms with van der Waals surface area (Å²) in [7, 11) is -3.58. The number of hydrogen-bond acceptors (Lipinski definition) is 3. The van der Waals surface area contributed by atoms with E-state index >= 15 is 0 Å². The SMILES string of the molecule is CCCCCCCCCCCCCCCOS(=O)(=O)c1ccccc1.[RbH]. The Labute approximate surface area is 210 Å². The Kier molecular flexibility index (Phi) is 18.6. The van der Waals surface area contributed by atoms with Gasteiger partial charge in [-0.15, -0.1) is 0 Å². The molecule has 0 saturated heterocycles. The van der Waals surface area contributed by atoms with Gasteiger partial charge in [-0.1, -0.05) is 102 Å². The van der Waals surface area contributed by atoms with Crippen molar-refractivity contribution in [3.8, 4) is 0 Å². The molecule has 1 aromatic carbocycles. The van der Waals surface area contributed by atoms with Crippen molar-refractivity contribution in [2.24, 2.45) is 0 Å². The Morgan fingerprint density at radius 2 is 1.12 bits per heavy atom. The average molecular weight is 455 g/mol. The third kappa shape index (κ3) is 14.0. The van der Waals surface area contributed by atoms with Crippen LogP contribution in [0.1, 0.15) is 90.4 Å². The number of benzene rings is 1. The molecular weight excluding hydrogens is 418 g/mol. The van der Waals surface area contributed by atoms with Crippen LogP contribution in [0.5, 0.6) is 0 Å². The second-order valence-electron chi connectivity index (χ2n) is 6.83. The Balaban J connectivity index is 0.00000625. The first-order chi connectivity index (χ1) is 12.2. The van der Waals surface area contributed by atoms with Crippen LogP contribution in [0.15, 0.2) is 35.2 Å². The number of rotatable bonds is 16. The van der Waals surface area contributed by atoms with E-state index < -0.39 is 10.1 Å². The second kappa shape index (κ2) is 18.0. The molecule has 0 N–H and O–H groups in total. The molecule has 1 rings (SSSR count). The zero-order chi connectivity index (χ0) is 18.2. The second-order valence-corrected chi connectivity index (χ2v) is 8.45. The van der Waals surface area contributed by atoms with Crippen LogP contribution in [0.25, 0.3) is 0 Å². The predicted molar refractivity (Wildman–Crippen MR) is 112 cm³/mol. The maximum absolute atomic E-state index is 11.9. The summed E-state index contributed by atoms with van der Waals surface area (Å²) >= 11 is 0. The molecule has 5 heteroatoms. The van der Waals surface area contributed by atoms with Gasteiger partial charge in [-0.05, 0) is 18.6 Å². The van der Waals surface area contributed by atoms with Crippen LogP contribution in [0, 0.1) is 0 Å². The monoisotopic (exact) mass is 454 g/mol. The normalized spacial score (nSPS) is 11.3. The van der Waals surface area contributed by atoms with Crippen molar-refractivity contribution in [3.63, 3.8) is 0 Å². The molecule has 0 aromatic heterocycles. The van der Waals surface area contributed by atoms with Crippen LogP contribution in [-0.2, 0) is 14.3 Å². The number of hydrogen-bond donors (Lipinski definition) is 0. The van der Waals surface area contributed by atoms with Gasteiger partial charge in [0.25, 0.3) is 10.1 Å². The van der Waals surface area contributed by atoms with E-state index in [0.29, 0.717) is 0 Å². The molecule has 3 nitrogen and oxygen atoms in total. The summed E-state index contributed by atoms with van der Waals surface area (Å²) < 4.78 is 28.9. The molecule has 1 aromatic rings. The predicted octanol–water partition coefficient (Wildman–Crippen LogP) is 5.83. The van der Waals surface area contributed by atoms with Crippen LogP contribution in [0.4, 0.5) is 0 Å². The molecule has 0 amide bonds. The van der Waals surface area contributed by atoms with Crippen molar-refractivity contribution in [2.75, 3.05) is 6.61 Å². The van der Waals surface area contributed by atoms with Gasteiger partial charge in [0.1, 0.15) is 0 Å². The summed E-state index contributed by atoms with van der Waals surface area (Å²) in [5.74, 6) is 0. The van der Waals surface area contributed by atoms with Gasteiger partial charge in [0.2, 0.25) is 0 Å². The van der Waals surface area contributed by atoms with Crippen LogP contribution in [-0.4, -0.2) is 73.2 Å². The molecule has 0 aliphatic carbocycles. The third-order valence-electron chi connectivity index (χ3n) is 4.52. The van der Waals surface area contributed by atoms with E-state index in [1.165, 1.54) is 70.6 Å². The fourth-order valence-electron chi connectivity index (χ4n) is 2.94. The Hall–Kier alpha value is 0.935. The van der Waals surface area contributed by atoms with Crippen molar-refractivity contribution in [2.45, 2.75) is 95.3 Å². The van der Waals surface area contributed by atoms with Crippen LogP contribution < -0.4 is 0 Å². The Morgan fingerprint density at radius 1 is 0.692 bits per heavy atom. The first-order valence-electron chi connectivity index (χ1n) is 10.1. The minimum absolute atomic E-state index is 0. The van der Waals surface area contributed by atoms with Gasteiger partial charge in [0.15, 0.2) is 0 Å². The fourth-order valence-corrected chi connectivity index (χ4v) is 3.91. The van der Waals surface area contributed by atoms with E-state index in [0.717, 1.165) is 12.8 Å². The van der Waals surface area contributed by atoms with Crippen LogP contribution in [0.2, 0.25) is 0 Å². The fraction of sp³-hybridized carbons (Fsp3) is 0.714. The van der Waals surface area contributed by atoms with E-state index in [9.17, 15) is 8.42 Å². The van der Waals surface area contributed by atoms with Gasteiger partial charge >= 0.3 is 58.2 Å².